The molecule has 2 amide bonds. The normalized spacial score (nSPS) is 9.61. The van der Waals surface area contributed by atoms with Gasteiger partial charge in [-0.3, -0.25) is 9.59 Å². The molecule has 0 aliphatic carbocycles. The van der Waals surface area contributed by atoms with Crippen molar-refractivity contribution >= 4 is 46.5 Å². The highest BCUT2D eigenvalue weighted by molar-refractivity contribution is 7.98. The van der Waals surface area contributed by atoms with Gasteiger partial charge in [-0.05, 0) is 30.5 Å². The summed E-state index contributed by atoms with van der Waals surface area (Å²) in [6.07, 6.45) is 1.96. The number of anilines is 1. The fourth-order valence-electron chi connectivity index (χ4n) is 1.11. The minimum Gasteiger partial charge on any atom is -0.392 e. The van der Waals surface area contributed by atoms with E-state index in [0.717, 1.165) is 4.90 Å². The second-order valence-corrected chi connectivity index (χ2v) is 4.74. The van der Waals surface area contributed by atoms with Gasteiger partial charge in [0.15, 0.2) is 0 Å². The van der Waals surface area contributed by atoms with Crippen LogP contribution < -0.4 is 16.4 Å². The highest BCUT2D eigenvalue weighted by Gasteiger charge is 2.13. The van der Waals surface area contributed by atoms with E-state index in [2.05, 4.69) is 22.9 Å². The molecule has 96 valence electrons. The number of rotatable bonds is 4. The maximum atomic E-state index is 11.5. The van der Waals surface area contributed by atoms with Crippen LogP contribution in [-0.4, -0.2) is 29.6 Å². The number of hydrogen-bond acceptors (Lipinski definition) is 4. The van der Waals surface area contributed by atoms with E-state index in [1.54, 1.807) is 23.9 Å². The van der Waals surface area contributed by atoms with Gasteiger partial charge in [0.1, 0.15) is 0 Å². The van der Waals surface area contributed by atoms with Crippen LogP contribution in [-0.2, 0) is 9.59 Å². The van der Waals surface area contributed by atoms with Crippen molar-refractivity contribution in [2.75, 3.05) is 18.1 Å². The predicted octanol–water partition coefficient (Wildman–Crippen LogP) is 0.749. The molecule has 0 atom stereocenters. The molecule has 0 radical (unpaired) electrons. The first-order valence-electron chi connectivity index (χ1n) is 5.04. The maximum Gasteiger partial charge on any atom is 0.313 e. The summed E-state index contributed by atoms with van der Waals surface area (Å²) in [5, 5.41) is 4.78. The van der Waals surface area contributed by atoms with Crippen LogP contribution in [0.5, 0.6) is 0 Å². The average Bonchev–Trinajstić information content (AvgIpc) is 2.36. The third-order valence-electron chi connectivity index (χ3n) is 1.98. The number of thioether (sulfide) groups is 1. The van der Waals surface area contributed by atoms with E-state index in [-0.39, 0.29) is 11.5 Å². The van der Waals surface area contributed by atoms with Crippen molar-refractivity contribution in [3.8, 4) is 0 Å². The predicted molar refractivity (Wildman–Crippen MR) is 76.6 cm³/mol. The van der Waals surface area contributed by atoms with Crippen LogP contribution in [0.3, 0.4) is 0 Å². The summed E-state index contributed by atoms with van der Waals surface area (Å²) in [7, 11) is 0. The molecular formula is C11H13N3O2S2. The molecule has 18 heavy (non-hydrogen) atoms. The van der Waals surface area contributed by atoms with Crippen molar-refractivity contribution in [1.29, 1.82) is 0 Å². The maximum absolute atomic E-state index is 11.5. The zero-order chi connectivity index (χ0) is 13.5. The first kappa shape index (κ1) is 14.5. The Morgan fingerprint density at radius 1 is 1.28 bits per heavy atom. The minimum absolute atomic E-state index is 0.00694. The summed E-state index contributed by atoms with van der Waals surface area (Å²) >= 11 is 6.18. The van der Waals surface area contributed by atoms with Crippen molar-refractivity contribution in [1.82, 2.24) is 5.32 Å². The molecule has 5 nitrogen and oxygen atoms in total. The summed E-state index contributed by atoms with van der Waals surface area (Å²) in [6, 6.07) is 7.16. The number of carbonyl (C=O) groups excluding carboxylic acids is 2. The molecule has 0 heterocycles. The Morgan fingerprint density at radius 2 is 1.89 bits per heavy atom. The van der Waals surface area contributed by atoms with Gasteiger partial charge in [-0.2, -0.15) is 0 Å². The Bertz CT molecular complexity index is 460. The zero-order valence-corrected chi connectivity index (χ0v) is 11.4. The van der Waals surface area contributed by atoms with E-state index in [9.17, 15) is 9.59 Å². The van der Waals surface area contributed by atoms with Gasteiger partial charge in [-0.25, -0.2) is 0 Å². The Morgan fingerprint density at radius 3 is 2.39 bits per heavy atom. The Labute approximate surface area is 115 Å². The van der Waals surface area contributed by atoms with E-state index < -0.39 is 11.8 Å². The smallest absolute Gasteiger partial charge is 0.313 e. The van der Waals surface area contributed by atoms with Crippen molar-refractivity contribution in [3.05, 3.63) is 24.3 Å². The third kappa shape index (κ3) is 4.72. The lowest BCUT2D eigenvalue weighted by Gasteiger charge is -2.06. The third-order valence-corrected chi connectivity index (χ3v) is 2.87. The van der Waals surface area contributed by atoms with Crippen LogP contribution in [0.25, 0.3) is 0 Å². The second-order valence-electron chi connectivity index (χ2n) is 3.33. The summed E-state index contributed by atoms with van der Waals surface area (Å²) in [6.45, 7) is 0.00694. The van der Waals surface area contributed by atoms with E-state index >= 15 is 0 Å². The lowest BCUT2D eigenvalue weighted by Crippen LogP contribution is -2.39. The monoisotopic (exact) mass is 283 g/mol. The zero-order valence-electron chi connectivity index (χ0n) is 9.73. The fraction of sp³-hybridized carbons (Fsp3) is 0.182. The number of benzene rings is 1. The van der Waals surface area contributed by atoms with Gasteiger partial charge < -0.3 is 16.4 Å². The molecule has 1 aromatic rings. The summed E-state index contributed by atoms with van der Waals surface area (Å²) < 4.78 is 0. The molecule has 0 aliphatic heterocycles. The van der Waals surface area contributed by atoms with E-state index in [1.165, 1.54) is 0 Å². The molecule has 0 aromatic heterocycles. The molecule has 0 saturated carbocycles. The first-order chi connectivity index (χ1) is 8.52. The summed E-state index contributed by atoms with van der Waals surface area (Å²) in [5.74, 6) is -1.51. The van der Waals surface area contributed by atoms with Crippen LogP contribution in [0, 0.1) is 0 Å². The lowest BCUT2D eigenvalue weighted by atomic mass is 10.3. The number of amides is 2. The Balaban J connectivity index is 2.52. The minimum atomic E-state index is -0.767. The largest absolute Gasteiger partial charge is 0.392 e. The van der Waals surface area contributed by atoms with Crippen molar-refractivity contribution in [2.24, 2.45) is 5.73 Å². The highest BCUT2D eigenvalue weighted by Crippen LogP contribution is 2.17. The first-order valence-corrected chi connectivity index (χ1v) is 6.67. The number of nitrogens with one attached hydrogen (secondary N) is 2. The molecule has 1 aromatic carbocycles. The SMILES string of the molecule is CSc1ccc(NC(=O)C(=O)NCC(N)=S)cc1. The van der Waals surface area contributed by atoms with Gasteiger partial charge in [-0.15, -0.1) is 11.8 Å². The highest BCUT2D eigenvalue weighted by atomic mass is 32.2. The molecule has 0 aliphatic rings. The standard InChI is InChI=1S/C11H13N3O2S2/c1-18-8-4-2-7(3-5-8)14-11(16)10(15)13-6-9(12)17/h2-5H,6H2,1H3,(H2,12,17)(H,13,15)(H,14,16). The van der Waals surface area contributed by atoms with Crippen LogP contribution >= 0.6 is 24.0 Å². The Kier molecular flexibility index (Phi) is 5.60. The number of nitrogens with two attached hydrogens (primary N) is 1. The van der Waals surface area contributed by atoms with Crippen LogP contribution in [0.15, 0.2) is 29.2 Å². The molecule has 4 N–H and O–H groups in total. The summed E-state index contributed by atoms with van der Waals surface area (Å²) in [5.41, 5.74) is 5.77. The quantitative estimate of drug-likeness (QED) is 0.431. The van der Waals surface area contributed by atoms with Gasteiger partial charge in [0.25, 0.3) is 0 Å². The van der Waals surface area contributed by atoms with Gasteiger partial charge in [-0.1, -0.05) is 12.2 Å². The van der Waals surface area contributed by atoms with Crippen molar-refractivity contribution < 1.29 is 9.59 Å². The number of carbonyl (C=O) groups is 2. The fourth-order valence-corrected chi connectivity index (χ4v) is 1.59. The second kappa shape index (κ2) is 6.97. The van der Waals surface area contributed by atoms with Gasteiger partial charge in [0, 0.05) is 10.6 Å². The molecule has 0 unspecified atom stereocenters. The van der Waals surface area contributed by atoms with Gasteiger partial charge >= 0.3 is 11.8 Å². The molecule has 0 bridgehead atoms. The summed E-state index contributed by atoms with van der Waals surface area (Å²) in [4.78, 5) is 24.0. The van der Waals surface area contributed by atoms with Crippen molar-refractivity contribution in [3.63, 3.8) is 0 Å². The molecule has 0 saturated heterocycles. The van der Waals surface area contributed by atoms with Crippen molar-refractivity contribution in [2.45, 2.75) is 4.90 Å². The molecule has 0 spiro atoms. The van der Waals surface area contributed by atoms with Crippen LogP contribution in [0.2, 0.25) is 0 Å². The number of hydrogen-bond donors (Lipinski definition) is 3. The van der Waals surface area contributed by atoms with E-state index in [1.807, 2.05) is 18.4 Å². The molecule has 7 heteroatoms. The molecule has 0 fully saturated rings. The van der Waals surface area contributed by atoms with Gasteiger partial charge in [0.05, 0.1) is 11.5 Å². The van der Waals surface area contributed by atoms with Gasteiger partial charge in [0.2, 0.25) is 0 Å². The topological polar surface area (TPSA) is 84.2 Å². The lowest BCUT2D eigenvalue weighted by molar-refractivity contribution is -0.135. The van der Waals surface area contributed by atoms with E-state index in [0.29, 0.717) is 5.69 Å². The molecule has 1 rings (SSSR count). The molecular weight excluding hydrogens is 270 g/mol. The Hall–Kier alpha value is -1.60. The van der Waals surface area contributed by atoms with Crippen LogP contribution in [0.4, 0.5) is 5.69 Å². The van der Waals surface area contributed by atoms with E-state index in [4.69, 9.17) is 5.73 Å². The number of thiocarbonyl (C=S) groups is 1. The average molecular weight is 283 g/mol. The van der Waals surface area contributed by atoms with Crippen LogP contribution in [0.1, 0.15) is 0 Å².